The highest BCUT2D eigenvalue weighted by Crippen LogP contribution is 2.47. The van der Waals surface area contributed by atoms with Gasteiger partial charge in [0.2, 0.25) is 0 Å². The zero-order chi connectivity index (χ0) is 53.9. The maximum Gasteiger partial charge on any atom is 0.303 e. The Labute approximate surface area is 445 Å². The van der Waals surface area contributed by atoms with Crippen LogP contribution in [0, 0.1) is 0 Å². The second-order valence-electron chi connectivity index (χ2n) is 17.5. The lowest BCUT2D eigenvalue weighted by Gasteiger charge is -2.45. The minimum atomic E-state index is -1.49. The second-order valence-corrected chi connectivity index (χ2v) is 19.7. The van der Waals surface area contributed by atoms with Crippen molar-refractivity contribution in [2.45, 2.75) is 123 Å². The van der Waals surface area contributed by atoms with E-state index in [1.807, 2.05) is 24.3 Å². The molecule has 0 spiro atoms. The molecule has 23 heteroatoms. The topological polar surface area (TPSA) is 239 Å². The summed E-state index contributed by atoms with van der Waals surface area (Å²) in [5, 5.41) is 1.67. The summed E-state index contributed by atoms with van der Waals surface area (Å²) in [4.78, 5) is 101. The Hall–Kier alpha value is -6.33. The molecule has 0 bridgehead atoms. The number of ether oxygens (including phenoxy) is 10. The Morgan fingerprint density at radius 3 is 1.16 bits per heavy atom. The van der Waals surface area contributed by atoms with Gasteiger partial charge in [0, 0.05) is 98.4 Å². The molecule has 0 N–H and O–H groups in total. The fourth-order valence-electron chi connectivity index (χ4n) is 9.43. The van der Waals surface area contributed by atoms with Crippen molar-refractivity contribution in [1.29, 1.82) is 0 Å². The van der Waals surface area contributed by atoms with Crippen molar-refractivity contribution in [3.05, 3.63) is 104 Å². The molecular formula is C51H51Br2ClN2O18. The van der Waals surface area contributed by atoms with Crippen LogP contribution < -0.4 is 0 Å². The first kappa shape index (κ1) is 55.4. The minimum Gasteiger partial charge on any atom is -0.463 e. The molecule has 10 atom stereocenters. The number of halogens is 3. The Morgan fingerprint density at radius 1 is 0.486 bits per heavy atom. The van der Waals surface area contributed by atoms with Gasteiger partial charge in [0.15, 0.2) is 49.1 Å². The number of aromatic nitrogens is 2. The number of benzene rings is 3. The number of rotatable bonds is 15. The molecule has 0 amide bonds. The molecule has 74 heavy (non-hydrogen) atoms. The Balaban J connectivity index is 1.51. The van der Waals surface area contributed by atoms with Crippen LogP contribution in [0.2, 0.25) is 5.02 Å². The van der Waals surface area contributed by atoms with E-state index in [2.05, 4.69) is 31.9 Å². The molecule has 394 valence electrons. The lowest BCUT2D eigenvalue weighted by Crippen LogP contribution is -2.60. The highest BCUT2D eigenvalue weighted by Gasteiger charge is 2.55. The van der Waals surface area contributed by atoms with Gasteiger partial charge in [-0.3, -0.25) is 38.4 Å². The largest absolute Gasteiger partial charge is 0.463 e. The third-order valence-electron chi connectivity index (χ3n) is 12.0. The summed E-state index contributed by atoms with van der Waals surface area (Å²) in [6, 6.07) is 17.9. The van der Waals surface area contributed by atoms with Crippen LogP contribution in [0.25, 0.3) is 21.8 Å². The van der Waals surface area contributed by atoms with E-state index in [0.717, 1.165) is 41.5 Å². The molecule has 20 nitrogen and oxygen atoms in total. The number of esters is 8. The van der Waals surface area contributed by atoms with Crippen LogP contribution in [0.5, 0.6) is 0 Å². The molecule has 7 rings (SSSR count). The predicted molar refractivity (Wildman–Crippen MR) is 266 cm³/mol. The van der Waals surface area contributed by atoms with E-state index in [9.17, 15) is 38.4 Å². The quantitative estimate of drug-likeness (QED) is 0.0730. The van der Waals surface area contributed by atoms with Crippen LogP contribution in [0.15, 0.2) is 82.0 Å². The van der Waals surface area contributed by atoms with E-state index in [1.54, 1.807) is 57.9 Å². The molecule has 2 fully saturated rings. The van der Waals surface area contributed by atoms with Crippen molar-refractivity contribution >= 4 is 113 Å². The van der Waals surface area contributed by atoms with Crippen LogP contribution >= 0.6 is 43.5 Å². The maximum atomic E-state index is 13.0. The van der Waals surface area contributed by atoms with Gasteiger partial charge < -0.3 is 56.5 Å². The Bertz CT molecular complexity index is 2820. The Kier molecular flexibility index (Phi) is 17.6. The predicted octanol–water partition coefficient (Wildman–Crippen LogP) is 7.47. The zero-order valence-corrected chi connectivity index (χ0v) is 45.0. The van der Waals surface area contributed by atoms with Crippen molar-refractivity contribution < 1.29 is 85.7 Å². The van der Waals surface area contributed by atoms with Gasteiger partial charge >= 0.3 is 47.8 Å². The summed E-state index contributed by atoms with van der Waals surface area (Å²) >= 11 is 13.8. The average Bonchev–Trinajstić information content (AvgIpc) is 3.85. The normalized spacial score (nSPS) is 23.6. The number of carbonyl (C=O) groups is 8. The van der Waals surface area contributed by atoms with Crippen molar-refractivity contribution in [2.24, 2.45) is 0 Å². The number of fused-ring (bicyclic) bond motifs is 2. The van der Waals surface area contributed by atoms with E-state index in [-0.39, 0.29) is 0 Å². The molecule has 2 saturated heterocycles. The van der Waals surface area contributed by atoms with Crippen molar-refractivity contribution in [3.63, 3.8) is 0 Å². The summed E-state index contributed by atoms with van der Waals surface area (Å²) in [7, 11) is 0. The van der Waals surface area contributed by atoms with Crippen molar-refractivity contribution in [2.75, 3.05) is 13.2 Å². The molecule has 3 aromatic carbocycles. The first-order valence-electron chi connectivity index (χ1n) is 23.0. The molecular weight excluding hydrogens is 1120 g/mol. The molecule has 5 aromatic rings. The van der Waals surface area contributed by atoms with Gasteiger partial charge in [-0.2, -0.15) is 0 Å². The lowest BCUT2D eigenvalue weighted by molar-refractivity contribution is -0.267. The molecule has 2 aliphatic heterocycles. The lowest BCUT2D eigenvalue weighted by atomic mass is 9.85. The molecule has 4 heterocycles. The fraction of sp³-hybridized carbons (Fsp3) is 0.412. The molecule has 2 aromatic heterocycles. The zero-order valence-electron chi connectivity index (χ0n) is 41.1. The summed E-state index contributed by atoms with van der Waals surface area (Å²) in [6.07, 6.45) is -10.5. The Morgan fingerprint density at radius 2 is 0.824 bits per heavy atom. The molecule has 0 saturated carbocycles. The van der Waals surface area contributed by atoms with Crippen molar-refractivity contribution in [3.8, 4) is 0 Å². The van der Waals surface area contributed by atoms with E-state index >= 15 is 0 Å². The van der Waals surface area contributed by atoms with E-state index < -0.39 is 128 Å². The minimum absolute atomic E-state index is 0.429. The van der Waals surface area contributed by atoms with Gasteiger partial charge in [0.1, 0.15) is 25.4 Å². The average molecular weight is 1180 g/mol. The number of hydrogen-bond donors (Lipinski definition) is 0. The maximum absolute atomic E-state index is 13.0. The standard InChI is InChI=1S/C51H51Br2ClN2O18/c1-23(57)65-21-41-44(67-25(3)59)46(69-27(5)61)48(71-29(7)63)50(73-41)55-19-37(35-17-32(52)11-15-39(35)55)43(31-9-13-34(54)14-10-31)38-20-56(40-16-12-33(53)18-36(38)40)51-49(72-30(8)64)47(70-28(6)62)45(68-26(4)60)42(74-51)22-66-24(2)58/h9-20,41-51H,21-22H2,1-8H3/t41-,42-,44-,45-,46+,47+,48-,49-,50-,51-/m1/s1. The number of hydrogen-bond acceptors (Lipinski definition) is 18. The summed E-state index contributed by atoms with van der Waals surface area (Å²) < 4.78 is 63.7. The van der Waals surface area contributed by atoms with Gasteiger partial charge in [-0.1, -0.05) is 55.6 Å². The third-order valence-corrected chi connectivity index (χ3v) is 13.2. The fourth-order valence-corrected chi connectivity index (χ4v) is 10.3. The van der Waals surface area contributed by atoms with Gasteiger partial charge in [0.25, 0.3) is 0 Å². The van der Waals surface area contributed by atoms with Gasteiger partial charge in [-0.05, 0) is 65.2 Å². The highest BCUT2D eigenvalue weighted by molar-refractivity contribution is 9.10. The molecule has 2 aliphatic rings. The highest BCUT2D eigenvalue weighted by atomic mass is 79.9. The third kappa shape index (κ3) is 12.6. The summed E-state index contributed by atoms with van der Waals surface area (Å²) in [6.45, 7) is 8.26. The molecule has 0 radical (unpaired) electrons. The summed E-state index contributed by atoms with van der Waals surface area (Å²) in [5.74, 6) is -6.92. The van der Waals surface area contributed by atoms with Gasteiger partial charge in [-0.25, -0.2) is 0 Å². The van der Waals surface area contributed by atoms with Crippen LogP contribution in [0.4, 0.5) is 0 Å². The van der Waals surface area contributed by atoms with E-state index in [0.29, 0.717) is 52.5 Å². The summed E-state index contributed by atoms with van der Waals surface area (Å²) in [5.41, 5.74) is 2.92. The van der Waals surface area contributed by atoms with E-state index in [4.69, 9.17) is 59.0 Å². The van der Waals surface area contributed by atoms with E-state index in [1.165, 1.54) is 13.8 Å². The monoisotopic (exact) mass is 1170 g/mol. The van der Waals surface area contributed by atoms with Gasteiger partial charge in [0.05, 0.1) is 11.0 Å². The van der Waals surface area contributed by atoms with Crippen LogP contribution in [0.3, 0.4) is 0 Å². The molecule has 0 unspecified atom stereocenters. The smallest absolute Gasteiger partial charge is 0.303 e. The van der Waals surface area contributed by atoms with Crippen LogP contribution in [-0.4, -0.2) is 119 Å². The second kappa shape index (κ2) is 23.5. The first-order valence-corrected chi connectivity index (χ1v) is 24.9. The van der Waals surface area contributed by atoms with Crippen molar-refractivity contribution in [1.82, 2.24) is 9.13 Å². The number of nitrogens with zero attached hydrogens (tertiary/aromatic N) is 2. The van der Waals surface area contributed by atoms with Crippen LogP contribution in [-0.2, 0) is 85.7 Å². The molecule has 0 aliphatic carbocycles. The number of carbonyl (C=O) groups excluding carboxylic acids is 8. The first-order chi connectivity index (χ1) is 35.0. The van der Waals surface area contributed by atoms with Crippen LogP contribution in [0.1, 0.15) is 90.5 Å². The van der Waals surface area contributed by atoms with Gasteiger partial charge in [-0.15, -0.1) is 0 Å². The SMILES string of the molecule is CC(=O)OC[C@H]1O[C@@H](n2cc(C(c3ccc(Cl)cc3)c3cn([C@@H]4O[C@H](COC(C)=O)[C@@H](OC(C)=O)[C@H](OC(C)=O)[C@H]4OC(C)=O)c4ccc(Br)cc34)c3cc(Br)ccc32)[C@H](OC(C)=O)[C@@H](OC(C)=O)[C@@H]1OC(C)=O.